The van der Waals surface area contributed by atoms with Crippen LogP contribution in [0.25, 0.3) is 0 Å². The van der Waals surface area contributed by atoms with Crippen molar-refractivity contribution in [2.75, 3.05) is 44.2 Å². The Hall–Kier alpha value is -2.15. The average Bonchev–Trinajstić information content (AvgIpc) is 2.62. The Balaban J connectivity index is 1.63. The summed E-state index contributed by atoms with van der Waals surface area (Å²) in [4.78, 5) is 34.2. The Kier molecular flexibility index (Phi) is 4.94. The fraction of sp³-hybridized carbons (Fsp3) is 0.611. The third-order valence-corrected chi connectivity index (χ3v) is 5.23. The lowest BCUT2D eigenvalue weighted by Gasteiger charge is -2.43. The van der Waals surface area contributed by atoms with E-state index in [9.17, 15) is 14.7 Å². The molecule has 2 fully saturated rings. The number of piperazine rings is 1. The SMILES string of the molecule is CC(=O)N1CCC[C@](O)(C(=O)N2CCN(c3cnccc3C)CC2)C1. The highest BCUT2D eigenvalue weighted by Gasteiger charge is 2.44. The van der Waals surface area contributed by atoms with Crippen LogP contribution in [0.15, 0.2) is 18.5 Å². The molecule has 7 nitrogen and oxygen atoms in total. The lowest BCUT2D eigenvalue weighted by molar-refractivity contribution is -0.160. The van der Waals surface area contributed by atoms with Gasteiger partial charge < -0.3 is 19.8 Å². The summed E-state index contributed by atoms with van der Waals surface area (Å²) in [6.07, 6.45) is 4.69. The number of anilines is 1. The first-order valence-electron chi connectivity index (χ1n) is 8.83. The van der Waals surface area contributed by atoms with Crippen LogP contribution in [-0.2, 0) is 9.59 Å². The van der Waals surface area contributed by atoms with Crippen LogP contribution < -0.4 is 4.90 Å². The molecule has 0 bridgehead atoms. The van der Waals surface area contributed by atoms with Gasteiger partial charge >= 0.3 is 0 Å². The van der Waals surface area contributed by atoms with Crippen molar-refractivity contribution in [3.63, 3.8) is 0 Å². The number of carbonyl (C=O) groups is 2. The van der Waals surface area contributed by atoms with E-state index in [1.54, 1.807) is 16.0 Å². The van der Waals surface area contributed by atoms with Gasteiger partial charge in [-0.1, -0.05) is 0 Å². The number of hydrogen-bond donors (Lipinski definition) is 1. The quantitative estimate of drug-likeness (QED) is 0.839. The van der Waals surface area contributed by atoms with E-state index in [1.165, 1.54) is 6.92 Å². The minimum atomic E-state index is -1.45. The van der Waals surface area contributed by atoms with E-state index in [-0.39, 0.29) is 18.4 Å². The molecule has 0 aromatic carbocycles. The first-order valence-corrected chi connectivity index (χ1v) is 8.83. The highest BCUT2D eigenvalue weighted by molar-refractivity contribution is 5.86. The van der Waals surface area contributed by atoms with Crippen molar-refractivity contribution in [3.05, 3.63) is 24.0 Å². The lowest BCUT2D eigenvalue weighted by Crippen LogP contribution is -2.61. The number of rotatable bonds is 2. The van der Waals surface area contributed by atoms with E-state index < -0.39 is 5.60 Å². The van der Waals surface area contributed by atoms with E-state index >= 15 is 0 Å². The molecule has 0 spiro atoms. The number of piperidine rings is 1. The number of β-amino-alcohol motifs (C(OH)–C–C–N with tert-alkyl or cyclic N) is 1. The Bertz CT molecular complexity index is 657. The number of amides is 2. The highest BCUT2D eigenvalue weighted by Crippen LogP contribution is 2.25. The van der Waals surface area contributed by atoms with Crippen molar-refractivity contribution in [2.45, 2.75) is 32.3 Å². The average molecular weight is 346 g/mol. The standard InChI is InChI=1S/C18H26N4O3/c1-14-4-6-19-12-16(14)20-8-10-21(11-9-20)17(24)18(25)5-3-7-22(13-18)15(2)23/h4,6,12,25H,3,5,7-11,13H2,1-2H3/t18-/m1/s1. The van der Waals surface area contributed by atoms with Gasteiger partial charge in [-0.05, 0) is 31.4 Å². The molecule has 1 N–H and O–H groups in total. The molecule has 1 atom stereocenters. The van der Waals surface area contributed by atoms with E-state index in [0.29, 0.717) is 45.6 Å². The van der Waals surface area contributed by atoms with Gasteiger partial charge in [-0.15, -0.1) is 0 Å². The smallest absolute Gasteiger partial charge is 0.256 e. The predicted octanol–water partition coefficient (Wildman–Crippen LogP) is 0.412. The Morgan fingerprint density at radius 1 is 1.16 bits per heavy atom. The van der Waals surface area contributed by atoms with Gasteiger partial charge in [0.1, 0.15) is 0 Å². The van der Waals surface area contributed by atoms with Gasteiger partial charge in [0.25, 0.3) is 5.91 Å². The zero-order chi connectivity index (χ0) is 18.0. The van der Waals surface area contributed by atoms with Gasteiger partial charge in [0, 0.05) is 45.8 Å². The molecular formula is C18H26N4O3. The maximum absolute atomic E-state index is 12.9. The van der Waals surface area contributed by atoms with Crippen molar-refractivity contribution in [3.8, 4) is 0 Å². The summed E-state index contributed by atoms with van der Waals surface area (Å²) in [7, 11) is 0. The van der Waals surface area contributed by atoms with Gasteiger partial charge in [0.05, 0.1) is 18.4 Å². The Morgan fingerprint density at radius 2 is 1.88 bits per heavy atom. The monoisotopic (exact) mass is 346 g/mol. The number of aliphatic hydroxyl groups is 1. The fourth-order valence-electron chi connectivity index (χ4n) is 3.71. The maximum atomic E-state index is 12.9. The lowest BCUT2D eigenvalue weighted by atomic mass is 9.91. The van der Waals surface area contributed by atoms with Gasteiger partial charge in [0.2, 0.25) is 5.91 Å². The number of likely N-dealkylation sites (tertiary alicyclic amines) is 1. The van der Waals surface area contributed by atoms with Crippen molar-refractivity contribution in [1.82, 2.24) is 14.8 Å². The normalized spacial score (nSPS) is 24.4. The van der Waals surface area contributed by atoms with Crippen LogP contribution in [0.3, 0.4) is 0 Å². The van der Waals surface area contributed by atoms with Gasteiger partial charge in [-0.3, -0.25) is 14.6 Å². The topological polar surface area (TPSA) is 77.0 Å². The van der Waals surface area contributed by atoms with Crippen LogP contribution in [0.5, 0.6) is 0 Å². The molecule has 3 heterocycles. The summed E-state index contributed by atoms with van der Waals surface area (Å²) >= 11 is 0. The molecule has 25 heavy (non-hydrogen) atoms. The van der Waals surface area contributed by atoms with Gasteiger partial charge in [-0.2, -0.15) is 0 Å². The van der Waals surface area contributed by atoms with Crippen molar-refractivity contribution >= 4 is 17.5 Å². The minimum Gasteiger partial charge on any atom is -0.378 e. The maximum Gasteiger partial charge on any atom is 0.256 e. The number of nitrogens with zero attached hydrogens (tertiary/aromatic N) is 4. The first kappa shape index (κ1) is 17.7. The van der Waals surface area contributed by atoms with E-state index in [2.05, 4.69) is 16.8 Å². The molecule has 136 valence electrons. The summed E-state index contributed by atoms with van der Waals surface area (Å²) in [5, 5.41) is 10.8. The molecule has 0 aliphatic carbocycles. The van der Waals surface area contributed by atoms with Crippen LogP contribution in [-0.4, -0.2) is 76.6 Å². The summed E-state index contributed by atoms with van der Waals surface area (Å²) < 4.78 is 0. The predicted molar refractivity (Wildman–Crippen MR) is 94.2 cm³/mol. The van der Waals surface area contributed by atoms with Crippen molar-refractivity contribution in [2.24, 2.45) is 0 Å². The van der Waals surface area contributed by atoms with Crippen LogP contribution in [0.1, 0.15) is 25.3 Å². The molecular weight excluding hydrogens is 320 g/mol. The highest BCUT2D eigenvalue weighted by atomic mass is 16.3. The minimum absolute atomic E-state index is 0.0946. The van der Waals surface area contributed by atoms with E-state index in [4.69, 9.17) is 0 Å². The number of carbonyl (C=O) groups excluding carboxylic acids is 2. The molecule has 1 aromatic rings. The zero-order valence-electron chi connectivity index (χ0n) is 14.9. The molecule has 0 saturated carbocycles. The van der Waals surface area contributed by atoms with Crippen LogP contribution >= 0.6 is 0 Å². The molecule has 1 aromatic heterocycles. The zero-order valence-corrected chi connectivity index (χ0v) is 14.9. The van der Waals surface area contributed by atoms with Gasteiger partial charge in [0.15, 0.2) is 5.60 Å². The molecule has 0 radical (unpaired) electrons. The van der Waals surface area contributed by atoms with Crippen LogP contribution in [0.4, 0.5) is 5.69 Å². The number of aromatic nitrogens is 1. The second-order valence-corrected chi connectivity index (χ2v) is 7.02. The number of hydrogen-bond acceptors (Lipinski definition) is 5. The number of pyridine rings is 1. The van der Waals surface area contributed by atoms with Crippen LogP contribution in [0.2, 0.25) is 0 Å². The van der Waals surface area contributed by atoms with Gasteiger partial charge in [-0.25, -0.2) is 0 Å². The van der Waals surface area contributed by atoms with Crippen LogP contribution in [0, 0.1) is 6.92 Å². The first-order chi connectivity index (χ1) is 11.9. The van der Waals surface area contributed by atoms with Crippen molar-refractivity contribution < 1.29 is 14.7 Å². The van der Waals surface area contributed by atoms with E-state index in [1.807, 2.05) is 12.3 Å². The fourth-order valence-corrected chi connectivity index (χ4v) is 3.71. The Morgan fingerprint density at radius 3 is 2.52 bits per heavy atom. The third kappa shape index (κ3) is 3.61. The molecule has 0 unspecified atom stereocenters. The molecule has 2 amide bonds. The largest absolute Gasteiger partial charge is 0.378 e. The molecule has 2 saturated heterocycles. The second-order valence-electron chi connectivity index (χ2n) is 7.02. The second kappa shape index (κ2) is 7.00. The van der Waals surface area contributed by atoms with Crippen molar-refractivity contribution in [1.29, 1.82) is 0 Å². The van der Waals surface area contributed by atoms with E-state index in [0.717, 1.165) is 11.3 Å². The molecule has 2 aliphatic rings. The summed E-state index contributed by atoms with van der Waals surface area (Å²) in [6.45, 7) is 6.80. The molecule has 2 aliphatic heterocycles. The molecule has 3 rings (SSSR count). The Labute approximate surface area is 148 Å². The third-order valence-electron chi connectivity index (χ3n) is 5.23. The summed E-state index contributed by atoms with van der Waals surface area (Å²) in [5.74, 6) is -0.344. The molecule has 7 heteroatoms. The summed E-state index contributed by atoms with van der Waals surface area (Å²) in [5.41, 5.74) is 0.808. The summed E-state index contributed by atoms with van der Waals surface area (Å²) in [6, 6.07) is 1.98. The number of aryl methyl sites for hydroxylation is 1.